The van der Waals surface area contributed by atoms with Crippen molar-refractivity contribution in [1.29, 1.82) is 0 Å². The van der Waals surface area contributed by atoms with E-state index in [1.54, 1.807) is 12.1 Å². The number of halogens is 3. The van der Waals surface area contributed by atoms with Gasteiger partial charge in [0.25, 0.3) is 5.91 Å². The number of carbonyl (C=O) groups is 1. The minimum atomic E-state index is -4.50. The van der Waals surface area contributed by atoms with Gasteiger partial charge >= 0.3 is 6.18 Å². The molecule has 8 heteroatoms. The van der Waals surface area contributed by atoms with E-state index in [1.807, 2.05) is 38.7 Å². The van der Waals surface area contributed by atoms with Gasteiger partial charge < -0.3 is 16.0 Å². The van der Waals surface area contributed by atoms with E-state index in [4.69, 9.17) is 0 Å². The lowest BCUT2D eigenvalue weighted by molar-refractivity contribution is -0.138. The van der Waals surface area contributed by atoms with Crippen molar-refractivity contribution in [3.8, 4) is 0 Å². The maximum atomic E-state index is 13.7. The average Bonchev–Trinajstić information content (AvgIpc) is 2.69. The molecule has 0 atom stereocenters. The van der Waals surface area contributed by atoms with Gasteiger partial charge in [-0.1, -0.05) is 12.1 Å². The van der Waals surface area contributed by atoms with Crippen molar-refractivity contribution in [1.82, 2.24) is 10.2 Å². The minimum absolute atomic E-state index is 0.122. The number of piperazine rings is 1. The highest BCUT2D eigenvalue weighted by molar-refractivity contribution is 6.05. The zero-order valence-corrected chi connectivity index (χ0v) is 19.0. The number of hydrogen-bond acceptors (Lipinski definition) is 4. The fourth-order valence-electron chi connectivity index (χ4n) is 3.67. The number of carbonyl (C=O) groups excluding carboxylic acids is 1. The van der Waals surface area contributed by atoms with Gasteiger partial charge in [0.05, 0.1) is 5.56 Å². The van der Waals surface area contributed by atoms with Crippen LogP contribution < -0.4 is 16.0 Å². The fraction of sp³-hybridized carbons (Fsp3) is 0.458. The maximum absolute atomic E-state index is 13.7. The zero-order chi connectivity index (χ0) is 23.5. The summed E-state index contributed by atoms with van der Waals surface area (Å²) in [6.45, 7) is 11.1. The van der Waals surface area contributed by atoms with Gasteiger partial charge in [-0.05, 0) is 63.1 Å². The molecule has 1 aliphatic heterocycles. The van der Waals surface area contributed by atoms with Crippen LogP contribution >= 0.6 is 0 Å². The number of nitrogens with zero attached hydrogens (tertiary/aromatic N) is 1. The number of amides is 1. The van der Waals surface area contributed by atoms with Crippen molar-refractivity contribution < 1.29 is 18.0 Å². The van der Waals surface area contributed by atoms with E-state index in [0.29, 0.717) is 18.7 Å². The third-order valence-electron chi connectivity index (χ3n) is 5.29. The number of aryl methyl sites for hydroxylation is 1. The number of benzene rings is 2. The molecule has 2 aromatic rings. The molecule has 1 aliphatic rings. The molecule has 5 nitrogen and oxygen atoms in total. The molecule has 1 amide bonds. The van der Waals surface area contributed by atoms with Crippen molar-refractivity contribution in [2.45, 2.75) is 46.0 Å². The largest absolute Gasteiger partial charge is 0.416 e. The molecule has 0 saturated carbocycles. The van der Waals surface area contributed by atoms with Gasteiger partial charge in [-0.15, -0.1) is 0 Å². The second-order valence-electron chi connectivity index (χ2n) is 9.25. The molecular formula is C24H31F3N4O. The predicted molar refractivity (Wildman–Crippen MR) is 122 cm³/mol. The molecule has 1 fully saturated rings. The Morgan fingerprint density at radius 2 is 1.75 bits per heavy atom. The third kappa shape index (κ3) is 6.46. The molecule has 1 heterocycles. The molecular weight excluding hydrogens is 417 g/mol. The van der Waals surface area contributed by atoms with Crippen molar-refractivity contribution in [2.24, 2.45) is 0 Å². The quantitative estimate of drug-likeness (QED) is 0.610. The smallest absolute Gasteiger partial charge is 0.380 e. The molecule has 1 saturated heterocycles. The summed E-state index contributed by atoms with van der Waals surface area (Å²) in [5.74, 6) is -0.454. The molecule has 32 heavy (non-hydrogen) atoms. The first kappa shape index (κ1) is 24.1. The van der Waals surface area contributed by atoms with E-state index < -0.39 is 17.6 Å². The highest BCUT2D eigenvalue weighted by Gasteiger charge is 2.34. The van der Waals surface area contributed by atoms with Gasteiger partial charge in [0.15, 0.2) is 0 Å². The standard InChI is InChI=1S/C24H31F3N4O/c1-16-5-6-17(13-21(16)30-23(2,3)4)22(32)29-19-8-7-18(20(14-19)24(25,26)27)15-31-11-9-28-10-12-31/h5-8,13-14,28,30H,9-12,15H2,1-4H3,(H,29,32). The van der Waals surface area contributed by atoms with Crippen molar-refractivity contribution in [3.05, 3.63) is 58.7 Å². The summed E-state index contributed by atoms with van der Waals surface area (Å²) in [6, 6.07) is 9.23. The predicted octanol–water partition coefficient (Wildman–Crippen LogP) is 4.88. The van der Waals surface area contributed by atoms with Crippen LogP contribution in [-0.4, -0.2) is 42.5 Å². The van der Waals surface area contributed by atoms with E-state index in [1.165, 1.54) is 12.1 Å². The van der Waals surface area contributed by atoms with Crippen LogP contribution in [0.3, 0.4) is 0 Å². The second kappa shape index (κ2) is 9.50. The summed E-state index contributed by atoms with van der Waals surface area (Å²) in [6.07, 6.45) is -4.50. The molecule has 0 unspecified atom stereocenters. The highest BCUT2D eigenvalue weighted by Crippen LogP contribution is 2.34. The van der Waals surface area contributed by atoms with Crippen LogP contribution in [0.1, 0.15) is 47.8 Å². The average molecular weight is 449 g/mol. The first-order valence-electron chi connectivity index (χ1n) is 10.8. The molecule has 0 radical (unpaired) electrons. The summed E-state index contributed by atoms with van der Waals surface area (Å²) in [4.78, 5) is 14.8. The van der Waals surface area contributed by atoms with Gasteiger partial charge in [-0.3, -0.25) is 9.69 Å². The van der Waals surface area contributed by atoms with Gasteiger partial charge in [-0.2, -0.15) is 13.2 Å². The summed E-state index contributed by atoms with van der Waals surface area (Å²) in [7, 11) is 0. The SMILES string of the molecule is Cc1ccc(C(=O)Nc2ccc(CN3CCNCC3)c(C(F)(F)F)c2)cc1NC(C)(C)C. The molecule has 0 aliphatic carbocycles. The van der Waals surface area contributed by atoms with Gasteiger partial charge in [-0.25, -0.2) is 0 Å². The van der Waals surface area contributed by atoms with E-state index in [2.05, 4.69) is 16.0 Å². The molecule has 0 bridgehead atoms. The number of anilines is 2. The summed E-state index contributed by atoms with van der Waals surface area (Å²) in [5, 5.41) is 9.16. The van der Waals surface area contributed by atoms with Crippen LogP contribution in [0.15, 0.2) is 36.4 Å². The Labute approximate surface area is 187 Å². The fourth-order valence-corrected chi connectivity index (χ4v) is 3.67. The Hall–Kier alpha value is -2.58. The lowest BCUT2D eigenvalue weighted by atomic mass is 10.0. The Balaban J connectivity index is 1.81. The molecule has 0 aromatic heterocycles. The summed E-state index contributed by atoms with van der Waals surface area (Å²) in [5.41, 5.74) is 1.60. The topological polar surface area (TPSA) is 56.4 Å². The molecule has 174 valence electrons. The molecule has 3 N–H and O–H groups in total. The zero-order valence-electron chi connectivity index (χ0n) is 19.0. The van der Waals surface area contributed by atoms with E-state index in [9.17, 15) is 18.0 Å². The second-order valence-corrected chi connectivity index (χ2v) is 9.25. The number of rotatable bonds is 5. The van der Waals surface area contributed by atoms with E-state index in [-0.39, 0.29) is 23.3 Å². The van der Waals surface area contributed by atoms with E-state index >= 15 is 0 Å². The Bertz CT molecular complexity index is 961. The molecule has 3 rings (SSSR count). The normalized spacial score (nSPS) is 15.5. The van der Waals surface area contributed by atoms with Crippen molar-refractivity contribution in [2.75, 3.05) is 36.8 Å². The van der Waals surface area contributed by atoms with Crippen LogP contribution in [0.4, 0.5) is 24.5 Å². The maximum Gasteiger partial charge on any atom is 0.416 e. The lowest BCUT2D eigenvalue weighted by Crippen LogP contribution is -2.43. The number of hydrogen-bond donors (Lipinski definition) is 3. The van der Waals surface area contributed by atoms with Crippen LogP contribution in [0.2, 0.25) is 0 Å². The summed E-state index contributed by atoms with van der Waals surface area (Å²) < 4.78 is 41.2. The lowest BCUT2D eigenvalue weighted by Gasteiger charge is -2.28. The molecule has 2 aromatic carbocycles. The minimum Gasteiger partial charge on any atom is -0.380 e. The van der Waals surface area contributed by atoms with Crippen molar-refractivity contribution >= 4 is 17.3 Å². The number of nitrogens with one attached hydrogen (secondary N) is 3. The number of alkyl halides is 3. The van der Waals surface area contributed by atoms with Crippen LogP contribution in [0.5, 0.6) is 0 Å². The van der Waals surface area contributed by atoms with Crippen LogP contribution in [0, 0.1) is 6.92 Å². The monoisotopic (exact) mass is 448 g/mol. The van der Waals surface area contributed by atoms with Gasteiger partial charge in [0.1, 0.15) is 0 Å². The van der Waals surface area contributed by atoms with Crippen LogP contribution in [-0.2, 0) is 12.7 Å². The summed E-state index contributed by atoms with van der Waals surface area (Å²) >= 11 is 0. The van der Waals surface area contributed by atoms with E-state index in [0.717, 1.165) is 30.4 Å². The molecule has 0 spiro atoms. The first-order valence-corrected chi connectivity index (χ1v) is 10.8. The first-order chi connectivity index (χ1) is 14.9. The Morgan fingerprint density at radius 3 is 2.38 bits per heavy atom. The third-order valence-corrected chi connectivity index (χ3v) is 5.29. The van der Waals surface area contributed by atoms with Gasteiger partial charge in [0.2, 0.25) is 0 Å². The highest BCUT2D eigenvalue weighted by atomic mass is 19.4. The van der Waals surface area contributed by atoms with Crippen molar-refractivity contribution in [3.63, 3.8) is 0 Å². The van der Waals surface area contributed by atoms with Crippen LogP contribution in [0.25, 0.3) is 0 Å². The van der Waals surface area contributed by atoms with Gasteiger partial charge in [0, 0.05) is 55.2 Å². The Morgan fingerprint density at radius 1 is 1.06 bits per heavy atom. The Kier molecular flexibility index (Phi) is 7.15.